The first-order valence-corrected chi connectivity index (χ1v) is 17.5. The lowest BCUT2D eigenvalue weighted by atomic mass is 9.42. The molecule has 48 heavy (non-hydrogen) atoms. The van der Waals surface area contributed by atoms with Crippen LogP contribution >= 0.6 is 0 Å². The molecule has 1 aromatic carbocycles. The van der Waals surface area contributed by atoms with Crippen LogP contribution in [0.2, 0.25) is 0 Å². The van der Waals surface area contributed by atoms with E-state index >= 15 is 0 Å². The Labute approximate surface area is 280 Å². The number of nitrogens with zero attached hydrogens (tertiary/aromatic N) is 2. The minimum absolute atomic E-state index is 0.0394. The third-order valence-electron chi connectivity index (χ3n) is 14.2. The third kappa shape index (κ3) is 3.67. The second-order valence-electron chi connectivity index (χ2n) is 15.4. The molecule has 7 aliphatic rings. The van der Waals surface area contributed by atoms with Gasteiger partial charge >= 0.3 is 5.97 Å². The van der Waals surface area contributed by atoms with E-state index in [1.165, 1.54) is 0 Å². The van der Waals surface area contributed by atoms with Crippen LogP contribution in [-0.4, -0.2) is 123 Å². The number of imide groups is 1. The first-order chi connectivity index (χ1) is 23.0. The molecule has 12 nitrogen and oxygen atoms in total. The molecule has 262 valence electrons. The molecule has 8 rings (SSSR count). The molecule has 2 heterocycles. The number of piperidine rings is 1. The Morgan fingerprint density at radius 1 is 1.00 bits per heavy atom. The summed E-state index contributed by atoms with van der Waals surface area (Å²) in [6, 6.07) is 6.11. The van der Waals surface area contributed by atoms with Gasteiger partial charge in [-0.3, -0.25) is 14.5 Å². The van der Waals surface area contributed by atoms with Crippen LogP contribution in [0.3, 0.4) is 0 Å². The molecule has 2 N–H and O–H groups in total. The van der Waals surface area contributed by atoms with Crippen LogP contribution in [0.4, 0.5) is 5.69 Å². The van der Waals surface area contributed by atoms with Crippen LogP contribution in [0.5, 0.6) is 0 Å². The van der Waals surface area contributed by atoms with Gasteiger partial charge in [0, 0.05) is 82.8 Å². The number of hydrogen-bond donors (Lipinski definition) is 2. The summed E-state index contributed by atoms with van der Waals surface area (Å²) in [5, 5.41) is 26.5. The molecule has 2 aliphatic heterocycles. The van der Waals surface area contributed by atoms with Crippen LogP contribution in [0.15, 0.2) is 24.3 Å². The Morgan fingerprint density at radius 2 is 1.73 bits per heavy atom. The molecule has 2 saturated heterocycles. The van der Waals surface area contributed by atoms with Gasteiger partial charge in [-0.1, -0.05) is 19.1 Å². The molecular formula is C36H48N2O10. The first-order valence-electron chi connectivity index (χ1n) is 17.5. The number of esters is 1. The fraction of sp³-hybridized carbons (Fsp3) is 0.750. The van der Waals surface area contributed by atoms with Crippen molar-refractivity contribution in [2.75, 3.05) is 53.0 Å². The monoisotopic (exact) mass is 668 g/mol. The summed E-state index contributed by atoms with van der Waals surface area (Å²) in [6.45, 7) is 3.24. The highest BCUT2D eigenvalue weighted by atomic mass is 16.5. The predicted octanol–water partition coefficient (Wildman–Crippen LogP) is 1.79. The molecule has 1 spiro atoms. The van der Waals surface area contributed by atoms with E-state index in [-0.39, 0.29) is 90.9 Å². The van der Waals surface area contributed by atoms with E-state index < -0.39 is 40.1 Å². The van der Waals surface area contributed by atoms with Crippen LogP contribution in [-0.2, 0) is 33.3 Å². The zero-order valence-corrected chi connectivity index (χ0v) is 28.4. The van der Waals surface area contributed by atoms with Crippen molar-refractivity contribution in [3.8, 4) is 0 Å². The molecule has 5 aliphatic carbocycles. The van der Waals surface area contributed by atoms with Crippen molar-refractivity contribution in [2.45, 2.75) is 87.1 Å². The molecule has 0 aromatic heterocycles. The van der Waals surface area contributed by atoms with Crippen LogP contribution < -0.4 is 4.90 Å². The van der Waals surface area contributed by atoms with Gasteiger partial charge in [-0.15, -0.1) is 0 Å². The third-order valence-corrected chi connectivity index (χ3v) is 14.2. The summed E-state index contributed by atoms with van der Waals surface area (Å²) in [5.41, 5.74) is -4.15. The topological polar surface area (TPSA) is 144 Å². The number of benzene rings is 1. The van der Waals surface area contributed by atoms with Crippen LogP contribution in [0.25, 0.3) is 0 Å². The van der Waals surface area contributed by atoms with Gasteiger partial charge in [0.1, 0.15) is 11.2 Å². The molecule has 1 aromatic rings. The second-order valence-corrected chi connectivity index (χ2v) is 15.4. The number of likely N-dealkylation sites (tertiary alicyclic amines) is 1. The fourth-order valence-corrected chi connectivity index (χ4v) is 13.0. The van der Waals surface area contributed by atoms with Crippen molar-refractivity contribution >= 4 is 23.5 Å². The second kappa shape index (κ2) is 11.0. The normalized spacial score (nSPS) is 47.1. The summed E-state index contributed by atoms with van der Waals surface area (Å²) < 4.78 is 31.3. The summed E-state index contributed by atoms with van der Waals surface area (Å²) in [4.78, 5) is 42.6. The maximum absolute atomic E-state index is 14.0. The highest BCUT2D eigenvalue weighted by molar-refractivity contribution is 6.21. The number of likely N-dealkylation sites (N-methyl/N-ethyl adjacent to an activating group) is 1. The molecule has 0 radical (unpaired) electrons. The maximum Gasteiger partial charge on any atom is 0.340 e. The molecular weight excluding hydrogens is 620 g/mol. The Balaban J connectivity index is 1.24. The Bertz CT molecular complexity index is 1510. The number of methoxy groups -OCH3 is 4. The number of para-hydroxylation sites is 1. The van der Waals surface area contributed by atoms with Gasteiger partial charge < -0.3 is 33.9 Å². The number of amides is 2. The maximum atomic E-state index is 14.0. The Kier molecular flexibility index (Phi) is 7.52. The highest BCUT2D eigenvalue weighted by Gasteiger charge is 2.91. The average molecular weight is 669 g/mol. The van der Waals surface area contributed by atoms with Gasteiger partial charge in [0.2, 0.25) is 11.8 Å². The Hall–Kier alpha value is -2.45. The molecule has 13 atom stereocenters. The van der Waals surface area contributed by atoms with Gasteiger partial charge in [0.15, 0.2) is 0 Å². The lowest BCUT2D eigenvalue weighted by Crippen LogP contribution is -2.82. The number of ether oxygens (including phenoxy) is 5. The summed E-state index contributed by atoms with van der Waals surface area (Å²) in [6.07, 6.45) is 0.951. The molecule has 2 amide bonds. The number of carbonyl (C=O) groups is 3. The molecule has 5 saturated carbocycles. The van der Waals surface area contributed by atoms with Crippen molar-refractivity contribution in [1.29, 1.82) is 0 Å². The summed E-state index contributed by atoms with van der Waals surface area (Å²) in [5.74, 6) is -2.00. The van der Waals surface area contributed by atoms with Gasteiger partial charge in [-0.2, -0.15) is 0 Å². The highest BCUT2D eigenvalue weighted by Crippen LogP contribution is 2.80. The number of fused-ring (bicyclic) bond motifs is 2. The predicted molar refractivity (Wildman–Crippen MR) is 170 cm³/mol. The fourth-order valence-electron chi connectivity index (χ4n) is 13.0. The first kappa shape index (κ1) is 32.7. The zero-order chi connectivity index (χ0) is 34.0. The van der Waals surface area contributed by atoms with E-state index in [0.29, 0.717) is 25.9 Å². The van der Waals surface area contributed by atoms with E-state index in [4.69, 9.17) is 23.7 Å². The van der Waals surface area contributed by atoms with Gasteiger partial charge in [-0.05, 0) is 43.9 Å². The van der Waals surface area contributed by atoms with Crippen LogP contribution in [0.1, 0.15) is 55.8 Å². The van der Waals surface area contributed by atoms with Crippen molar-refractivity contribution in [3.63, 3.8) is 0 Å². The molecule has 12 heteroatoms. The van der Waals surface area contributed by atoms with Gasteiger partial charge in [0.25, 0.3) is 0 Å². The minimum Gasteiger partial charge on any atom is -0.461 e. The standard InChI is InChI=1S/C36H48N2O10/c1-6-37-17-33(18-48-31(41)19-9-7-8-10-22(19)38-25(39)11-12-26(38)40)14-13-24(45-3)35-21-15-20-23(44-2)16-34(42,27(21)28(20)46-4)36(43,32(35)37)30(47-5)29(33)35/h7-10,20-21,23-24,27-30,32,42-43H,6,11-18H2,1-5H3/t20-,21+,23+,24+,27-,28+,29+,30+,32+,33+,34-,35+,36+/m1/s1. The smallest absolute Gasteiger partial charge is 0.340 e. The average Bonchev–Trinajstić information content (AvgIpc) is 3.66. The number of anilines is 1. The lowest BCUT2D eigenvalue weighted by Gasteiger charge is -2.70. The molecule has 0 unspecified atom stereocenters. The van der Waals surface area contributed by atoms with E-state index in [9.17, 15) is 24.6 Å². The van der Waals surface area contributed by atoms with Crippen molar-refractivity contribution in [3.05, 3.63) is 29.8 Å². The van der Waals surface area contributed by atoms with Crippen molar-refractivity contribution < 1.29 is 48.3 Å². The summed E-state index contributed by atoms with van der Waals surface area (Å²) >= 11 is 0. The largest absolute Gasteiger partial charge is 0.461 e. The van der Waals surface area contributed by atoms with E-state index in [2.05, 4.69) is 11.8 Å². The van der Waals surface area contributed by atoms with Crippen molar-refractivity contribution in [2.24, 2.45) is 34.5 Å². The van der Waals surface area contributed by atoms with Gasteiger partial charge in [-0.25, -0.2) is 9.69 Å². The lowest BCUT2D eigenvalue weighted by molar-refractivity contribution is -0.320. The van der Waals surface area contributed by atoms with E-state index in [1.54, 1.807) is 52.7 Å². The number of aliphatic hydroxyl groups is 2. The quantitative estimate of drug-likeness (QED) is 0.294. The van der Waals surface area contributed by atoms with Crippen molar-refractivity contribution in [1.82, 2.24) is 4.90 Å². The molecule has 7 bridgehead atoms. The number of hydrogen-bond acceptors (Lipinski definition) is 11. The van der Waals surface area contributed by atoms with Crippen LogP contribution in [0, 0.1) is 34.5 Å². The Morgan fingerprint density at radius 3 is 2.38 bits per heavy atom. The van der Waals surface area contributed by atoms with E-state index in [0.717, 1.165) is 11.3 Å². The molecule has 7 fully saturated rings. The minimum atomic E-state index is -1.69. The van der Waals surface area contributed by atoms with Gasteiger partial charge in [0.05, 0.1) is 48.3 Å². The zero-order valence-electron chi connectivity index (χ0n) is 28.4. The van der Waals surface area contributed by atoms with E-state index in [1.807, 2.05) is 0 Å². The number of carbonyl (C=O) groups excluding carboxylic acids is 3. The summed E-state index contributed by atoms with van der Waals surface area (Å²) in [7, 11) is 6.70. The SMILES string of the molecule is CCN1C[C@]2(COC(=O)c3ccccc3N3C(=O)CCC3=O)CC[C@H](OC)[C@@]34[C@H]5C[C@H]6[C@H](OC)[C@@H]5[C@](O)(C[C@@H]6OC)[C@](O)([C@@H](OC)[C@@H]23)[C@@H]14. The number of rotatable bonds is 9.